The van der Waals surface area contributed by atoms with Crippen LogP contribution < -0.4 is 20.8 Å². The SMILES string of the molecule is CC(C)[C@H](NC(=O)COc1ccc(-c2cccc([C@@H](C)O)n2)cc1)C(=O)N[C@@H](C)C(=O)N1CCC[C@@H](C(=O)OCC(Cl)(Cl)Cl)N1. The number of aromatic nitrogens is 1. The van der Waals surface area contributed by atoms with Gasteiger partial charge in [-0.3, -0.25) is 29.2 Å². The van der Waals surface area contributed by atoms with Crippen LogP contribution >= 0.6 is 34.8 Å². The molecule has 15 heteroatoms. The third-order valence-electron chi connectivity index (χ3n) is 6.83. The number of esters is 1. The van der Waals surface area contributed by atoms with Gasteiger partial charge >= 0.3 is 5.97 Å². The Bertz CT molecular complexity index is 1340. The average molecular weight is 687 g/mol. The molecule has 0 bridgehead atoms. The summed E-state index contributed by atoms with van der Waals surface area (Å²) >= 11 is 16.9. The van der Waals surface area contributed by atoms with Gasteiger partial charge in [0.25, 0.3) is 11.8 Å². The topological polar surface area (TPSA) is 159 Å². The number of hydrogen-bond acceptors (Lipinski definition) is 9. The molecule has 1 saturated heterocycles. The third-order valence-corrected chi connectivity index (χ3v) is 7.16. The number of nitrogens with zero attached hydrogens (tertiary/aromatic N) is 2. The van der Waals surface area contributed by atoms with Crippen LogP contribution in [0.15, 0.2) is 42.5 Å². The zero-order valence-corrected chi connectivity index (χ0v) is 27.7. The van der Waals surface area contributed by atoms with Gasteiger partial charge in [-0.05, 0) is 69.0 Å². The number of halogens is 3. The molecule has 4 atom stereocenters. The fourth-order valence-electron chi connectivity index (χ4n) is 4.43. The number of amides is 3. The molecule has 1 aliphatic rings. The highest BCUT2D eigenvalue weighted by molar-refractivity contribution is 6.67. The molecular weight excluding hydrogens is 649 g/mol. The molecule has 3 amide bonds. The molecule has 0 spiro atoms. The predicted molar refractivity (Wildman–Crippen MR) is 169 cm³/mol. The summed E-state index contributed by atoms with van der Waals surface area (Å²) in [4.78, 5) is 55.7. The number of carbonyl (C=O) groups is 4. The van der Waals surface area contributed by atoms with Crippen molar-refractivity contribution in [1.82, 2.24) is 26.1 Å². The number of pyridine rings is 1. The number of alkyl halides is 3. The Hall–Kier alpha value is -3.16. The van der Waals surface area contributed by atoms with E-state index in [-0.39, 0.29) is 12.5 Å². The molecular formula is C30H38Cl3N5O7. The lowest BCUT2D eigenvalue weighted by Gasteiger charge is -2.34. The molecule has 2 aromatic rings. The summed E-state index contributed by atoms with van der Waals surface area (Å²) in [5.41, 5.74) is 4.86. The Morgan fingerprint density at radius 3 is 2.38 bits per heavy atom. The molecule has 3 rings (SSSR count). The maximum Gasteiger partial charge on any atom is 0.325 e. The molecule has 4 N–H and O–H groups in total. The molecule has 1 fully saturated rings. The molecule has 1 aliphatic heterocycles. The second kappa shape index (κ2) is 16.4. The summed E-state index contributed by atoms with van der Waals surface area (Å²) in [7, 11) is 0. The number of hydrazine groups is 1. The van der Waals surface area contributed by atoms with E-state index in [0.717, 1.165) is 5.56 Å². The molecule has 2 heterocycles. The first-order valence-electron chi connectivity index (χ1n) is 14.4. The van der Waals surface area contributed by atoms with Crippen LogP contribution in [-0.2, 0) is 23.9 Å². The summed E-state index contributed by atoms with van der Waals surface area (Å²) in [6.07, 6.45) is 0.227. The van der Waals surface area contributed by atoms with Crippen LogP contribution in [0, 0.1) is 5.92 Å². The van der Waals surface area contributed by atoms with Crippen LogP contribution in [0.3, 0.4) is 0 Å². The van der Waals surface area contributed by atoms with Crippen molar-refractivity contribution in [3.05, 3.63) is 48.2 Å². The van der Waals surface area contributed by atoms with E-state index in [4.69, 9.17) is 44.3 Å². The van der Waals surface area contributed by atoms with Crippen molar-refractivity contribution in [3.8, 4) is 17.0 Å². The summed E-state index contributed by atoms with van der Waals surface area (Å²) in [6.45, 7) is 6.20. The average Bonchev–Trinajstić information content (AvgIpc) is 3.00. The second-order valence-electron chi connectivity index (χ2n) is 11.0. The highest BCUT2D eigenvalue weighted by Gasteiger charge is 2.34. The second-order valence-corrected chi connectivity index (χ2v) is 13.5. The molecule has 0 aliphatic carbocycles. The van der Waals surface area contributed by atoms with E-state index in [1.54, 1.807) is 51.1 Å². The van der Waals surface area contributed by atoms with Crippen molar-refractivity contribution in [2.24, 2.45) is 5.92 Å². The lowest BCUT2D eigenvalue weighted by atomic mass is 10.0. The smallest absolute Gasteiger partial charge is 0.325 e. The van der Waals surface area contributed by atoms with Gasteiger partial charge in [0.2, 0.25) is 9.70 Å². The summed E-state index contributed by atoms with van der Waals surface area (Å²) in [5, 5.41) is 16.3. The van der Waals surface area contributed by atoms with Crippen molar-refractivity contribution in [2.75, 3.05) is 19.8 Å². The largest absolute Gasteiger partial charge is 0.484 e. The van der Waals surface area contributed by atoms with E-state index < -0.39 is 58.3 Å². The van der Waals surface area contributed by atoms with Gasteiger partial charge in [0.05, 0.1) is 17.5 Å². The predicted octanol–water partition coefficient (Wildman–Crippen LogP) is 3.24. The quantitative estimate of drug-likeness (QED) is 0.194. The first-order valence-corrected chi connectivity index (χ1v) is 15.6. The van der Waals surface area contributed by atoms with Crippen LogP contribution in [0.1, 0.15) is 52.3 Å². The van der Waals surface area contributed by atoms with Crippen molar-refractivity contribution >= 4 is 58.5 Å². The Labute approximate surface area is 277 Å². The molecule has 1 aromatic carbocycles. The minimum absolute atomic E-state index is 0.300. The van der Waals surface area contributed by atoms with E-state index in [2.05, 4.69) is 21.0 Å². The molecule has 12 nitrogen and oxygen atoms in total. The summed E-state index contributed by atoms with van der Waals surface area (Å²) in [5.74, 6) is -2.08. The Morgan fingerprint density at radius 2 is 1.76 bits per heavy atom. The third kappa shape index (κ3) is 11.3. The number of aliphatic hydroxyl groups is 1. The minimum atomic E-state index is -1.76. The van der Waals surface area contributed by atoms with Crippen LogP contribution in [0.25, 0.3) is 11.3 Å². The van der Waals surface area contributed by atoms with Crippen molar-refractivity contribution in [2.45, 2.75) is 68.6 Å². The lowest BCUT2D eigenvalue weighted by molar-refractivity contribution is -0.152. The van der Waals surface area contributed by atoms with Gasteiger partial charge in [-0.1, -0.05) is 54.7 Å². The molecule has 1 aromatic heterocycles. The molecule has 0 saturated carbocycles. The molecule has 0 radical (unpaired) electrons. The van der Waals surface area contributed by atoms with Gasteiger partial charge < -0.3 is 25.2 Å². The van der Waals surface area contributed by atoms with Gasteiger partial charge in [0, 0.05) is 12.1 Å². The number of ether oxygens (including phenoxy) is 2. The zero-order chi connectivity index (χ0) is 33.3. The maximum atomic E-state index is 13.1. The van der Waals surface area contributed by atoms with E-state index in [1.165, 1.54) is 11.9 Å². The van der Waals surface area contributed by atoms with Crippen LogP contribution in [0.5, 0.6) is 5.75 Å². The van der Waals surface area contributed by atoms with Crippen LogP contribution in [-0.4, -0.2) is 80.5 Å². The highest BCUT2D eigenvalue weighted by atomic mass is 35.6. The van der Waals surface area contributed by atoms with E-state index >= 15 is 0 Å². The van der Waals surface area contributed by atoms with Gasteiger partial charge in [0.1, 0.15) is 30.5 Å². The van der Waals surface area contributed by atoms with Crippen LogP contribution in [0.2, 0.25) is 0 Å². The number of rotatable bonds is 12. The molecule has 0 unspecified atom stereocenters. The van der Waals surface area contributed by atoms with Crippen molar-refractivity contribution in [3.63, 3.8) is 0 Å². The van der Waals surface area contributed by atoms with Crippen molar-refractivity contribution in [1.29, 1.82) is 0 Å². The fraction of sp³-hybridized carbons (Fsp3) is 0.500. The Morgan fingerprint density at radius 1 is 1.07 bits per heavy atom. The number of nitrogens with one attached hydrogen (secondary N) is 3. The first-order chi connectivity index (χ1) is 21.1. The normalized spacial score (nSPS) is 17.2. The van der Waals surface area contributed by atoms with Crippen LogP contribution in [0.4, 0.5) is 0 Å². The Kier molecular flexibility index (Phi) is 13.2. The summed E-state index contributed by atoms with van der Waals surface area (Å²) < 4.78 is 8.86. The fourth-order valence-corrected chi connectivity index (χ4v) is 4.60. The maximum absolute atomic E-state index is 13.1. The first kappa shape index (κ1) is 36.3. The van der Waals surface area contributed by atoms with Gasteiger partial charge in [-0.2, -0.15) is 0 Å². The number of benzene rings is 1. The number of aliphatic hydroxyl groups excluding tert-OH is 1. The van der Waals surface area contributed by atoms with E-state index in [0.29, 0.717) is 36.5 Å². The van der Waals surface area contributed by atoms with Gasteiger partial charge in [-0.25, -0.2) is 5.43 Å². The van der Waals surface area contributed by atoms with Crippen molar-refractivity contribution < 1.29 is 33.8 Å². The monoisotopic (exact) mass is 685 g/mol. The lowest BCUT2D eigenvalue weighted by Crippen LogP contribution is -2.61. The minimum Gasteiger partial charge on any atom is -0.484 e. The standard InChI is InChI=1S/C30H38Cl3N5O7/c1-17(2)26(27(41)34-18(3)28(42)38-14-6-9-24(37-38)29(43)45-16-30(31,32)33)36-25(40)15-44-21-12-10-20(11-13-21)23-8-5-7-22(35-23)19(4)39/h5,7-8,10-13,17-19,24,26,37,39H,6,9,14-16H2,1-4H3,(H,34,41)(H,36,40)/t18-,19+,24-,26-/m0/s1. The highest BCUT2D eigenvalue weighted by Crippen LogP contribution is 2.26. The molecule has 45 heavy (non-hydrogen) atoms. The molecule has 246 valence electrons. The number of carbonyl (C=O) groups excluding carboxylic acids is 4. The number of hydrogen-bond donors (Lipinski definition) is 4. The van der Waals surface area contributed by atoms with E-state index in [1.807, 2.05) is 12.1 Å². The zero-order valence-electron chi connectivity index (χ0n) is 25.4. The summed E-state index contributed by atoms with van der Waals surface area (Å²) in [6, 6.07) is 9.61. The van der Waals surface area contributed by atoms with E-state index in [9.17, 15) is 24.3 Å². The Balaban J connectivity index is 1.50. The van der Waals surface area contributed by atoms with Gasteiger partial charge in [-0.15, -0.1) is 0 Å². The van der Waals surface area contributed by atoms with Gasteiger partial charge in [0.15, 0.2) is 6.61 Å².